The predicted octanol–water partition coefficient (Wildman–Crippen LogP) is 2.97. The SMILES string of the molecule is CSCCCNC(=NCc1nnc(C)n1C)N(C)Cc1ccoc1C.I. The first-order chi connectivity index (χ1) is 12.0. The van der Waals surface area contributed by atoms with Crippen LogP contribution in [0.25, 0.3) is 0 Å². The fourth-order valence-electron chi connectivity index (χ4n) is 2.37. The van der Waals surface area contributed by atoms with Crippen LogP contribution >= 0.6 is 35.7 Å². The molecule has 2 rings (SSSR count). The van der Waals surface area contributed by atoms with Crippen molar-refractivity contribution in [2.24, 2.45) is 12.0 Å². The molecule has 0 spiro atoms. The second-order valence-electron chi connectivity index (χ2n) is 5.99. The molecule has 0 unspecified atom stereocenters. The Labute approximate surface area is 177 Å². The molecular weight excluding hydrogens is 463 g/mol. The van der Waals surface area contributed by atoms with Crippen LogP contribution in [0.1, 0.15) is 29.4 Å². The van der Waals surface area contributed by atoms with Crippen LogP contribution in [-0.4, -0.2) is 51.2 Å². The average molecular weight is 492 g/mol. The number of nitrogens with zero attached hydrogens (tertiary/aromatic N) is 5. The van der Waals surface area contributed by atoms with Crippen molar-refractivity contribution in [1.29, 1.82) is 0 Å². The van der Waals surface area contributed by atoms with Crippen molar-refractivity contribution in [3.63, 3.8) is 0 Å². The fourth-order valence-corrected chi connectivity index (χ4v) is 2.80. The van der Waals surface area contributed by atoms with Gasteiger partial charge in [0.1, 0.15) is 18.1 Å². The van der Waals surface area contributed by atoms with Gasteiger partial charge < -0.3 is 19.2 Å². The third-order valence-corrected chi connectivity index (χ3v) is 4.79. The number of rotatable bonds is 8. The van der Waals surface area contributed by atoms with E-state index in [-0.39, 0.29) is 24.0 Å². The second-order valence-corrected chi connectivity index (χ2v) is 6.98. The van der Waals surface area contributed by atoms with E-state index in [0.29, 0.717) is 6.54 Å². The van der Waals surface area contributed by atoms with E-state index in [1.165, 1.54) is 0 Å². The van der Waals surface area contributed by atoms with Gasteiger partial charge in [0.05, 0.1) is 6.26 Å². The Balaban J connectivity index is 0.00000338. The van der Waals surface area contributed by atoms with Gasteiger partial charge in [-0.3, -0.25) is 0 Å². The lowest BCUT2D eigenvalue weighted by atomic mass is 10.2. The molecule has 0 fully saturated rings. The number of furan rings is 1. The molecule has 0 atom stereocenters. The summed E-state index contributed by atoms with van der Waals surface area (Å²) < 4.78 is 7.36. The predicted molar refractivity (Wildman–Crippen MR) is 118 cm³/mol. The molecule has 0 amide bonds. The highest BCUT2D eigenvalue weighted by molar-refractivity contribution is 14.0. The van der Waals surface area contributed by atoms with Gasteiger partial charge in [0.15, 0.2) is 11.8 Å². The van der Waals surface area contributed by atoms with E-state index >= 15 is 0 Å². The molecule has 0 aliphatic carbocycles. The smallest absolute Gasteiger partial charge is 0.194 e. The molecule has 0 saturated heterocycles. The number of nitrogens with one attached hydrogen (secondary N) is 1. The molecule has 0 saturated carbocycles. The molecule has 1 N–H and O–H groups in total. The molecule has 2 aromatic rings. The van der Waals surface area contributed by atoms with Crippen LogP contribution in [0.15, 0.2) is 21.7 Å². The summed E-state index contributed by atoms with van der Waals surface area (Å²) in [5.41, 5.74) is 1.16. The molecular formula is C17H29IN6OS. The normalized spacial score (nSPS) is 11.3. The zero-order valence-electron chi connectivity index (χ0n) is 16.2. The van der Waals surface area contributed by atoms with Crippen molar-refractivity contribution in [2.45, 2.75) is 33.4 Å². The van der Waals surface area contributed by atoms with Gasteiger partial charge in [-0.2, -0.15) is 11.8 Å². The molecule has 26 heavy (non-hydrogen) atoms. The number of halogens is 1. The Morgan fingerprint density at radius 1 is 1.38 bits per heavy atom. The largest absolute Gasteiger partial charge is 0.469 e. The van der Waals surface area contributed by atoms with Crippen LogP contribution in [0.3, 0.4) is 0 Å². The minimum absolute atomic E-state index is 0. The Bertz CT molecular complexity index is 699. The van der Waals surface area contributed by atoms with Crippen LogP contribution in [-0.2, 0) is 20.1 Å². The van der Waals surface area contributed by atoms with Crippen molar-refractivity contribution in [3.8, 4) is 0 Å². The number of hydrogen-bond acceptors (Lipinski definition) is 5. The highest BCUT2D eigenvalue weighted by Gasteiger charge is 2.11. The maximum absolute atomic E-state index is 5.39. The molecule has 146 valence electrons. The van der Waals surface area contributed by atoms with Gasteiger partial charge in [0.25, 0.3) is 0 Å². The second kappa shape index (κ2) is 11.5. The summed E-state index contributed by atoms with van der Waals surface area (Å²) in [6.45, 7) is 6.06. The molecule has 2 heterocycles. The van der Waals surface area contributed by atoms with Crippen molar-refractivity contribution in [2.75, 3.05) is 25.6 Å². The topological polar surface area (TPSA) is 71.5 Å². The summed E-state index contributed by atoms with van der Waals surface area (Å²) in [6.07, 6.45) is 4.95. The summed E-state index contributed by atoms with van der Waals surface area (Å²) in [6, 6.07) is 2.00. The zero-order valence-corrected chi connectivity index (χ0v) is 19.3. The standard InChI is InChI=1S/C17H28N6OS.HI/c1-13-15(7-9-24-13)12-22(3)17(18-8-6-10-25-5)19-11-16-21-20-14(2)23(16)4;/h7,9H,6,8,10-12H2,1-5H3,(H,18,19);1H. The van der Waals surface area contributed by atoms with Gasteiger partial charge in [0.2, 0.25) is 0 Å². The van der Waals surface area contributed by atoms with E-state index in [1.54, 1.807) is 6.26 Å². The number of hydrogen-bond donors (Lipinski definition) is 1. The molecule has 7 nitrogen and oxygen atoms in total. The van der Waals surface area contributed by atoms with E-state index in [0.717, 1.165) is 54.2 Å². The molecule has 0 aromatic carbocycles. The number of aromatic nitrogens is 3. The van der Waals surface area contributed by atoms with E-state index in [4.69, 9.17) is 9.41 Å². The molecule has 2 aromatic heterocycles. The minimum atomic E-state index is 0. The van der Waals surface area contributed by atoms with Gasteiger partial charge in [-0.05, 0) is 38.3 Å². The Kier molecular flexibility index (Phi) is 10.1. The zero-order chi connectivity index (χ0) is 18.2. The van der Waals surface area contributed by atoms with Crippen LogP contribution in [0.4, 0.5) is 0 Å². The maximum atomic E-state index is 5.39. The maximum Gasteiger partial charge on any atom is 0.194 e. The highest BCUT2D eigenvalue weighted by Crippen LogP contribution is 2.11. The molecule has 0 radical (unpaired) electrons. The summed E-state index contributed by atoms with van der Waals surface area (Å²) in [4.78, 5) is 6.86. The van der Waals surface area contributed by atoms with Crippen molar-refractivity contribution in [3.05, 3.63) is 35.3 Å². The number of aliphatic imine (C=N–C) groups is 1. The third kappa shape index (κ3) is 6.49. The van der Waals surface area contributed by atoms with Gasteiger partial charge >= 0.3 is 0 Å². The first-order valence-electron chi connectivity index (χ1n) is 8.39. The van der Waals surface area contributed by atoms with E-state index in [9.17, 15) is 0 Å². The number of guanidine groups is 1. The Morgan fingerprint density at radius 2 is 2.15 bits per heavy atom. The van der Waals surface area contributed by atoms with Gasteiger partial charge in [-0.15, -0.1) is 34.2 Å². The number of aryl methyl sites for hydroxylation is 2. The summed E-state index contributed by atoms with van der Waals surface area (Å²) in [7, 11) is 4.00. The van der Waals surface area contributed by atoms with E-state index in [2.05, 4.69) is 26.7 Å². The molecule has 0 bridgehead atoms. The van der Waals surface area contributed by atoms with Crippen molar-refractivity contribution < 1.29 is 4.42 Å². The highest BCUT2D eigenvalue weighted by atomic mass is 127. The summed E-state index contributed by atoms with van der Waals surface area (Å²) in [5.74, 6) is 4.68. The van der Waals surface area contributed by atoms with Gasteiger partial charge in [-0.25, -0.2) is 4.99 Å². The first-order valence-corrected chi connectivity index (χ1v) is 9.78. The van der Waals surface area contributed by atoms with Gasteiger partial charge in [0, 0.05) is 32.7 Å². The van der Waals surface area contributed by atoms with E-state index < -0.39 is 0 Å². The Morgan fingerprint density at radius 3 is 2.73 bits per heavy atom. The van der Waals surface area contributed by atoms with E-state index in [1.807, 2.05) is 50.3 Å². The lowest BCUT2D eigenvalue weighted by molar-refractivity contribution is 0.461. The summed E-state index contributed by atoms with van der Waals surface area (Å²) in [5, 5.41) is 11.7. The quantitative estimate of drug-likeness (QED) is 0.265. The van der Waals surface area contributed by atoms with Crippen LogP contribution in [0.2, 0.25) is 0 Å². The van der Waals surface area contributed by atoms with Crippen molar-refractivity contribution >= 4 is 41.7 Å². The fraction of sp³-hybridized carbons (Fsp3) is 0.588. The molecule has 9 heteroatoms. The van der Waals surface area contributed by atoms with Crippen LogP contribution in [0, 0.1) is 13.8 Å². The average Bonchev–Trinajstić information content (AvgIpc) is 3.14. The van der Waals surface area contributed by atoms with Crippen molar-refractivity contribution in [1.82, 2.24) is 25.0 Å². The monoisotopic (exact) mass is 492 g/mol. The number of thioether (sulfide) groups is 1. The van der Waals surface area contributed by atoms with Gasteiger partial charge in [-0.1, -0.05) is 0 Å². The van der Waals surface area contributed by atoms with Crippen LogP contribution < -0.4 is 5.32 Å². The molecule has 0 aliphatic rings. The van der Waals surface area contributed by atoms with Crippen LogP contribution in [0.5, 0.6) is 0 Å². The summed E-state index contributed by atoms with van der Waals surface area (Å²) >= 11 is 1.85. The molecule has 0 aliphatic heterocycles. The lowest BCUT2D eigenvalue weighted by Crippen LogP contribution is -2.39. The lowest BCUT2D eigenvalue weighted by Gasteiger charge is -2.22. The first kappa shape index (κ1) is 22.8. The minimum Gasteiger partial charge on any atom is -0.469 e. The Hall–Kier alpha value is -1.23. The third-order valence-electron chi connectivity index (χ3n) is 4.10.